The summed E-state index contributed by atoms with van der Waals surface area (Å²) in [4.78, 5) is 17.5. The van der Waals surface area contributed by atoms with Crippen LogP contribution in [0.4, 0.5) is 27.8 Å². The molecular formula is C22H21F5N6O. The smallest absolute Gasteiger partial charge is 0.408 e. The summed E-state index contributed by atoms with van der Waals surface area (Å²) in [5, 5.41) is 2.46. The van der Waals surface area contributed by atoms with Gasteiger partial charge in [-0.05, 0) is 38.3 Å². The number of aromatic nitrogens is 5. The number of methoxy groups -OCH3 is 1. The average Bonchev–Trinajstić information content (AvgIpc) is 3.50. The number of imidazole rings is 1. The summed E-state index contributed by atoms with van der Waals surface area (Å²) in [6.07, 6.45) is -4.36. The third-order valence-corrected chi connectivity index (χ3v) is 6.16. The van der Waals surface area contributed by atoms with E-state index < -0.39 is 25.2 Å². The second-order valence-electron chi connectivity index (χ2n) is 8.51. The molecule has 3 aromatic rings. The number of halogens is 5. The van der Waals surface area contributed by atoms with E-state index >= 15 is 0 Å². The van der Waals surface area contributed by atoms with Crippen LogP contribution in [-0.4, -0.2) is 50.3 Å². The van der Waals surface area contributed by atoms with Crippen LogP contribution in [-0.2, 0) is 6.54 Å². The Kier molecular flexibility index (Phi) is 5.21. The number of alkyl halides is 5. The predicted octanol–water partition coefficient (Wildman–Crippen LogP) is 4.71. The topological polar surface area (TPSA) is 77.8 Å². The molecule has 0 aromatic carbocycles. The molecule has 1 unspecified atom stereocenters. The highest BCUT2D eigenvalue weighted by atomic mass is 19.4. The zero-order chi connectivity index (χ0) is 24.4. The summed E-state index contributed by atoms with van der Waals surface area (Å²) in [7, 11) is 1.35. The lowest BCUT2D eigenvalue weighted by atomic mass is 9.92. The van der Waals surface area contributed by atoms with Crippen molar-refractivity contribution >= 4 is 22.6 Å². The van der Waals surface area contributed by atoms with Gasteiger partial charge >= 0.3 is 12.2 Å². The Labute approximate surface area is 191 Å². The van der Waals surface area contributed by atoms with Gasteiger partial charge in [0, 0.05) is 17.1 Å². The third-order valence-electron chi connectivity index (χ3n) is 6.16. The van der Waals surface area contributed by atoms with E-state index in [1.807, 2.05) is 6.08 Å². The van der Waals surface area contributed by atoms with Crippen molar-refractivity contribution in [2.45, 2.75) is 51.4 Å². The minimum absolute atomic E-state index is 0.0116. The molecule has 34 heavy (non-hydrogen) atoms. The standard InChI is InChI=1S/C22H21F5N6O/c1-9(22(25,26)27)28-19-17-13(7-11-6-12(11)18(17)31-21(32-19)34-3)14-4-5-15-20(30-14)33(8-16(23)24)10(2)29-15/h4-5,7,9,11-12,16H,6,8H2,1-3H3,(H,28,31,32)/t9-,11-,12?/m1/s1. The number of nitrogens with one attached hydrogen (secondary N) is 1. The lowest BCUT2D eigenvalue weighted by molar-refractivity contribution is -0.138. The number of fused-ring (bicyclic) bond motifs is 4. The number of anilines is 1. The highest BCUT2D eigenvalue weighted by Crippen LogP contribution is 2.56. The molecule has 3 atom stereocenters. The molecule has 180 valence electrons. The van der Waals surface area contributed by atoms with E-state index in [1.54, 1.807) is 19.1 Å². The largest absolute Gasteiger partial charge is 0.467 e. The molecule has 0 amide bonds. The molecule has 3 heterocycles. The number of ether oxygens (including phenoxy) is 1. The maximum atomic E-state index is 13.3. The number of pyridine rings is 1. The molecule has 0 bridgehead atoms. The molecule has 2 aliphatic rings. The Morgan fingerprint density at radius 1 is 1.18 bits per heavy atom. The Morgan fingerprint density at radius 3 is 2.62 bits per heavy atom. The van der Waals surface area contributed by atoms with Crippen LogP contribution in [0, 0.1) is 12.8 Å². The first-order valence-electron chi connectivity index (χ1n) is 10.7. The van der Waals surface area contributed by atoms with Gasteiger partial charge < -0.3 is 14.6 Å². The minimum Gasteiger partial charge on any atom is -0.467 e. The number of hydrogen-bond acceptors (Lipinski definition) is 6. The lowest BCUT2D eigenvalue weighted by Gasteiger charge is -2.24. The molecule has 0 saturated heterocycles. The number of hydrogen-bond donors (Lipinski definition) is 1. The lowest BCUT2D eigenvalue weighted by Crippen LogP contribution is -2.34. The molecule has 0 aliphatic heterocycles. The van der Waals surface area contributed by atoms with Crippen LogP contribution >= 0.6 is 0 Å². The van der Waals surface area contributed by atoms with Crippen molar-refractivity contribution in [1.29, 1.82) is 0 Å². The van der Waals surface area contributed by atoms with Crippen LogP contribution in [0.25, 0.3) is 16.7 Å². The van der Waals surface area contributed by atoms with Crippen LogP contribution in [0.3, 0.4) is 0 Å². The summed E-state index contributed by atoms with van der Waals surface area (Å²) in [6.45, 7) is 2.06. The van der Waals surface area contributed by atoms with Crippen molar-refractivity contribution in [3.05, 3.63) is 41.0 Å². The molecule has 0 spiro atoms. The monoisotopic (exact) mass is 480 g/mol. The predicted molar refractivity (Wildman–Crippen MR) is 114 cm³/mol. The summed E-state index contributed by atoms with van der Waals surface area (Å²) in [5.74, 6) is 0.588. The summed E-state index contributed by atoms with van der Waals surface area (Å²) < 4.78 is 72.8. The van der Waals surface area contributed by atoms with Crippen LogP contribution < -0.4 is 10.1 Å². The maximum absolute atomic E-state index is 13.3. The highest BCUT2D eigenvalue weighted by Gasteiger charge is 2.46. The Bertz CT molecular complexity index is 1300. The number of aryl methyl sites for hydroxylation is 1. The van der Waals surface area contributed by atoms with Crippen LogP contribution in [0.2, 0.25) is 0 Å². The van der Waals surface area contributed by atoms with Crippen molar-refractivity contribution < 1.29 is 26.7 Å². The van der Waals surface area contributed by atoms with Gasteiger partial charge in [-0.15, -0.1) is 0 Å². The first-order chi connectivity index (χ1) is 16.1. The molecule has 0 radical (unpaired) electrons. The van der Waals surface area contributed by atoms with E-state index in [-0.39, 0.29) is 29.3 Å². The van der Waals surface area contributed by atoms with Crippen molar-refractivity contribution in [2.24, 2.45) is 5.92 Å². The van der Waals surface area contributed by atoms with E-state index in [0.29, 0.717) is 33.9 Å². The van der Waals surface area contributed by atoms with Gasteiger partial charge in [0.2, 0.25) is 0 Å². The normalized spacial score (nSPS) is 20.1. The molecule has 3 aromatic heterocycles. The zero-order valence-corrected chi connectivity index (χ0v) is 18.5. The van der Waals surface area contributed by atoms with Crippen LogP contribution in [0.5, 0.6) is 6.01 Å². The van der Waals surface area contributed by atoms with Gasteiger partial charge in [-0.3, -0.25) is 0 Å². The van der Waals surface area contributed by atoms with E-state index in [0.717, 1.165) is 13.3 Å². The van der Waals surface area contributed by atoms with E-state index in [2.05, 4.69) is 25.3 Å². The molecule has 1 N–H and O–H groups in total. The molecule has 1 saturated carbocycles. The Hall–Kier alpha value is -3.31. The number of nitrogens with zero attached hydrogens (tertiary/aromatic N) is 5. The van der Waals surface area contributed by atoms with Crippen molar-refractivity contribution in [1.82, 2.24) is 24.5 Å². The molecule has 5 rings (SSSR count). The van der Waals surface area contributed by atoms with E-state index in [1.165, 1.54) is 11.7 Å². The van der Waals surface area contributed by atoms with Crippen molar-refractivity contribution in [2.75, 3.05) is 12.4 Å². The van der Waals surface area contributed by atoms with Gasteiger partial charge in [-0.2, -0.15) is 23.1 Å². The van der Waals surface area contributed by atoms with Gasteiger partial charge in [0.05, 0.1) is 25.0 Å². The van der Waals surface area contributed by atoms with E-state index in [9.17, 15) is 22.0 Å². The van der Waals surface area contributed by atoms with Crippen LogP contribution in [0.1, 0.15) is 42.0 Å². The molecular weight excluding hydrogens is 459 g/mol. The Balaban J connectivity index is 1.66. The van der Waals surface area contributed by atoms with Gasteiger partial charge in [-0.1, -0.05) is 6.08 Å². The zero-order valence-electron chi connectivity index (χ0n) is 18.5. The summed E-state index contributed by atoms with van der Waals surface area (Å²) in [6, 6.07) is 1.44. The Morgan fingerprint density at radius 2 is 1.94 bits per heavy atom. The number of rotatable bonds is 6. The van der Waals surface area contributed by atoms with Crippen molar-refractivity contribution in [3.63, 3.8) is 0 Å². The third kappa shape index (κ3) is 3.84. The highest BCUT2D eigenvalue weighted by molar-refractivity contribution is 5.89. The van der Waals surface area contributed by atoms with Crippen LogP contribution in [0.15, 0.2) is 18.2 Å². The van der Waals surface area contributed by atoms with Gasteiger partial charge in [0.15, 0.2) is 5.65 Å². The quantitative estimate of drug-likeness (QED) is 0.515. The minimum atomic E-state index is -4.50. The fourth-order valence-corrected chi connectivity index (χ4v) is 4.32. The fourth-order valence-electron chi connectivity index (χ4n) is 4.32. The van der Waals surface area contributed by atoms with Crippen molar-refractivity contribution in [3.8, 4) is 6.01 Å². The summed E-state index contributed by atoms with van der Waals surface area (Å²) >= 11 is 0. The van der Waals surface area contributed by atoms with Gasteiger partial charge in [0.25, 0.3) is 6.43 Å². The summed E-state index contributed by atoms with van der Waals surface area (Å²) in [5.41, 5.74) is 2.72. The van der Waals surface area contributed by atoms with Gasteiger partial charge in [-0.25, -0.2) is 18.7 Å². The first kappa shape index (κ1) is 22.5. The fraction of sp³-hybridized carbons (Fsp3) is 0.455. The number of allylic oxidation sites excluding steroid dienone is 1. The average molecular weight is 480 g/mol. The first-order valence-corrected chi connectivity index (χ1v) is 10.7. The molecule has 1 fully saturated rings. The molecule has 2 aliphatic carbocycles. The second-order valence-corrected chi connectivity index (χ2v) is 8.51. The molecule has 7 nitrogen and oxygen atoms in total. The maximum Gasteiger partial charge on any atom is 0.408 e. The van der Waals surface area contributed by atoms with E-state index in [4.69, 9.17) is 4.74 Å². The SMILES string of the molecule is COc1nc(N[C@H](C)C(F)(F)F)c2c(n1)C1C[C@@H]1C=C2c1ccc2nc(C)n(CC(F)F)c2n1. The molecule has 12 heteroatoms. The second kappa shape index (κ2) is 7.88. The van der Waals surface area contributed by atoms with Gasteiger partial charge in [0.1, 0.15) is 23.2 Å².